The number of tetrazole rings is 1. The van der Waals surface area contributed by atoms with Gasteiger partial charge in [-0.1, -0.05) is 24.6 Å². The number of nitrogens with zero attached hydrogens (tertiary/aromatic N) is 4. The number of aromatic nitrogens is 4. The molecule has 1 heterocycles. The lowest BCUT2D eigenvalue weighted by Gasteiger charge is -2.17. The first-order valence-corrected chi connectivity index (χ1v) is 6.86. The minimum absolute atomic E-state index is 0.132. The SMILES string of the molecule is CCNC(Cc1nnn(C)n1)Cc1ccc(F)cc1Cl. The van der Waals surface area contributed by atoms with Crippen LogP contribution in [0.15, 0.2) is 18.2 Å². The van der Waals surface area contributed by atoms with Gasteiger partial charge >= 0.3 is 0 Å². The summed E-state index contributed by atoms with van der Waals surface area (Å²) in [6.45, 7) is 2.85. The van der Waals surface area contributed by atoms with Crippen molar-refractivity contribution in [1.82, 2.24) is 25.5 Å². The first-order valence-electron chi connectivity index (χ1n) is 6.48. The van der Waals surface area contributed by atoms with E-state index in [0.717, 1.165) is 12.1 Å². The molecule has 0 amide bonds. The van der Waals surface area contributed by atoms with Gasteiger partial charge in [0.25, 0.3) is 0 Å². The van der Waals surface area contributed by atoms with Crippen molar-refractivity contribution in [3.8, 4) is 0 Å². The second-order valence-electron chi connectivity index (χ2n) is 4.59. The average Bonchev–Trinajstić information content (AvgIpc) is 2.78. The first-order chi connectivity index (χ1) is 9.58. The molecule has 0 aliphatic rings. The highest BCUT2D eigenvalue weighted by molar-refractivity contribution is 6.31. The Hall–Kier alpha value is -1.53. The Labute approximate surface area is 122 Å². The van der Waals surface area contributed by atoms with Crippen LogP contribution in [0, 0.1) is 5.82 Å². The van der Waals surface area contributed by atoms with Crippen molar-refractivity contribution in [2.75, 3.05) is 6.54 Å². The fourth-order valence-corrected chi connectivity index (χ4v) is 2.33. The molecule has 108 valence electrons. The van der Waals surface area contributed by atoms with E-state index in [1.807, 2.05) is 6.92 Å². The summed E-state index contributed by atoms with van der Waals surface area (Å²) in [5.74, 6) is 0.353. The minimum atomic E-state index is -0.325. The molecular weight excluding hydrogens is 281 g/mol. The van der Waals surface area contributed by atoms with Gasteiger partial charge in [-0.3, -0.25) is 0 Å². The normalized spacial score (nSPS) is 12.6. The predicted molar refractivity (Wildman–Crippen MR) is 75.1 cm³/mol. The molecule has 0 aliphatic carbocycles. The van der Waals surface area contributed by atoms with Gasteiger partial charge in [0.15, 0.2) is 5.82 Å². The fraction of sp³-hybridized carbons (Fsp3) is 0.462. The number of nitrogens with one attached hydrogen (secondary N) is 1. The zero-order chi connectivity index (χ0) is 14.5. The van der Waals surface area contributed by atoms with Gasteiger partial charge in [-0.2, -0.15) is 4.80 Å². The van der Waals surface area contributed by atoms with Gasteiger partial charge in [-0.15, -0.1) is 10.2 Å². The lowest BCUT2D eigenvalue weighted by molar-refractivity contribution is 0.508. The summed E-state index contributed by atoms with van der Waals surface area (Å²) in [4.78, 5) is 1.43. The molecule has 7 heteroatoms. The Balaban J connectivity index is 2.08. The summed E-state index contributed by atoms with van der Waals surface area (Å²) in [5, 5.41) is 15.8. The standard InChI is InChI=1S/C13H17ClFN5/c1-3-16-11(8-13-17-19-20(2)18-13)6-9-4-5-10(15)7-12(9)14/h4-5,7,11,16H,3,6,8H2,1-2H3. The lowest BCUT2D eigenvalue weighted by atomic mass is 10.0. The molecule has 1 atom stereocenters. The van der Waals surface area contributed by atoms with E-state index in [0.29, 0.717) is 23.7 Å². The number of benzene rings is 1. The van der Waals surface area contributed by atoms with Crippen molar-refractivity contribution in [3.63, 3.8) is 0 Å². The molecule has 1 aromatic heterocycles. The van der Waals surface area contributed by atoms with Crippen LogP contribution >= 0.6 is 11.6 Å². The fourth-order valence-electron chi connectivity index (χ4n) is 2.08. The van der Waals surface area contributed by atoms with E-state index in [1.165, 1.54) is 16.9 Å². The van der Waals surface area contributed by atoms with Gasteiger partial charge < -0.3 is 5.32 Å². The number of aryl methyl sites for hydroxylation is 1. The number of hydrogen-bond donors (Lipinski definition) is 1. The van der Waals surface area contributed by atoms with Gasteiger partial charge in [0.1, 0.15) is 5.82 Å². The van der Waals surface area contributed by atoms with Gasteiger partial charge in [-0.25, -0.2) is 4.39 Å². The Morgan fingerprint density at radius 1 is 1.40 bits per heavy atom. The lowest BCUT2D eigenvalue weighted by Crippen LogP contribution is -2.33. The molecule has 2 aromatic rings. The summed E-state index contributed by atoms with van der Waals surface area (Å²) in [5.41, 5.74) is 0.905. The Morgan fingerprint density at radius 2 is 2.20 bits per heavy atom. The van der Waals surface area contributed by atoms with Crippen LogP contribution in [0.25, 0.3) is 0 Å². The van der Waals surface area contributed by atoms with E-state index in [4.69, 9.17) is 11.6 Å². The highest BCUT2D eigenvalue weighted by Crippen LogP contribution is 2.19. The maximum atomic E-state index is 13.1. The second-order valence-corrected chi connectivity index (χ2v) is 5.00. The molecular formula is C13H17ClFN5. The Bertz CT molecular complexity index is 572. The average molecular weight is 298 g/mol. The van der Waals surface area contributed by atoms with Crippen molar-refractivity contribution in [1.29, 1.82) is 0 Å². The van der Waals surface area contributed by atoms with Crippen molar-refractivity contribution in [3.05, 3.63) is 40.4 Å². The summed E-state index contributed by atoms with van der Waals surface area (Å²) >= 11 is 6.07. The highest BCUT2D eigenvalue weighted by atomic mass is 35.5. The molecule has 0 saturated heterocycles. The molecule has 5 nitrogen and oxygen atoms in total. The third-order valence-electron chi connectivity index (χ3n) is 2.95. The molecule has 0 radical (unpaired) electrons. The van der Waals surface area contributed by atoms with Crippen LogP contribution in [0.4, 0.5) is 4.39 Å². The molecule has 0 aliphatic heterocycles. The quantitative estimate of drug-likeness (QED) is 0.883. The van der Waals surface area contributed by atoms with Crippen LogP contribution in [0.3, 0.4) is 0 Å². The molecule has 0 saturated carbocycles. The largest absolute Gasteiger partial charge is 0.313 e. The van der Waals surface area contributed by atoms with Gasteiger partial charge in [0, 0.05) is 17.5 Å². The van der Waals surface area contributed by atoms with Crippen LogP contribution in [-0.2, 0) is 19.9 Å². The van der Waals surface area contributed by atoms with Crippen molar-refractivity contribution >= 4 is 11.6 Å². The Morgan fingerprint density at radius 3 is 2.80 bits per heavy atom. The Kier molecular flexibility index (Phi) is 5.03. The number of rotatable bonds is 6. The predicted octanol–water partition coefficient (Wildman–Crippen LogP) is 1.77. The summed E-state index contributed by atoms with van der Waals surface area (Å²) in [7, 11) is 1.73. The third-order valence-corrected chi connectivity index (χ3v) is 3.30. The first kappa shape index (κ1) is 14.9. The molecule has 1 N–H and O–H groups in total. The third kappa shape index (κ3) is 3.98. The summed E-state index contributed by atoms with van der Waals surface area (Å²) < 4.78 is 13.1. The molecule has 0 fully saturated rings. The minimum Gasteiger partial charge on any atom is -0.313 e. The zero-order valence-corrected chi connectivity index (χ0v) is 12.2. The van der Waals surface area contributed by atoms with Gasteiger partial charge in [-0.05, 0) is 35.9 Å². The monoisotopic (exact) mass is 297 g/mol. The molecule has 1 aromatic carbocycles. The molecule has 20 heavy (non-hydrogen) atoms. The second kappa shape index (κ2) is 6.76. The van der Waals surface area contributed by atoms with Crippen LogP contribution in [0.2, 0.25) is 5.02 Å². The summed E-state index contributed by atoms with van der Waals surface area (Å²) in [6.07, 6.45) is 1.33. The van der Waals surface area contributed by atoms with E-state index in [9.17, 15) is 4.39 Å². The van der Waals surface area contributed by atoms with Crippen molar-refractivity contribution in [2.24, 2.45) is 7.05 Å². The van der Waals surface area contributed by atoms with Crippen molar-refractivity contribution in [2.45, 2.75) is 25.8 Å². The zero-order valence-electron chi connectivity index (χ0n) is 11.5. The van der Waals surface area contributed by atoms with E-state index in [1.54, 1.807) is 13.1 Å². The maximum Gasteiger partial charge on any atom is 0.176 e. The maximum absolute atomic E-state index is 13.1. The van der Waals surface area contributed by atoms with Crippen LogP contribution in [-0.4, -0.2) is 32.8 Å². The van der Waals surface area contributed by atoms with Gasteiger partial charge in [0.2, 0.25) is 0 Å². The molecule has 0 spiro atoms. The van der Waals surface area contributed by atoms with Crippen LogP contribution in [0.5, 0.6) is 0 Å². The molecule has 2 rings (SSSR count). The van der Waals surface area contributed by atoms with Gasteiger partial charge in [0.05, 0.1) is 7.05 Å². The topological polar surface area (TPSA) is 55.6 Å². The van der Waals surface area contributed by atoms with E-state index >= 15 is 0 Å². The van der Waals surface area contributed by atoms with Crippen LogP contribution in [0.1, 0.15) is 18.3 Å². The molecule has 0 bridgehead atoms. The highest BCUT2D eigenvalue weighted by Gasteiger charge is 2.14. The number of hydrogen-bond acceptors (Lipinski definition) is 4. The molecule has 1 unspecified atom stereocenters. The van der Waals surface area contributed by atoms with Crippen LogP contribution < -0.4 is 5.32 Å². The van der Waals surface area contributed by atoms with E-state index < -0.39 is 0 Å². The summed E-state index contributed by atoms with van der Waals surface area (Å²) in [6, 6.07) is 4.60. The van der Waals surface area contributed by atoms with Crippen molar-refractivity contribution < 1.29 is 4.39 Å². The van der Waals surface area contributed by atoms with E-state index in [-0.39, 0.29) is 11.9 Å². The smallest absolute Gasteiger partial charge is 0.176 e. The van der Waals surface area contributed by atoms with E-state index in [2.05, 4.69) is 20.7 Å². The number of likely N-dealkylation sites (N-methyl/N-ethyl adjacent to an activating group) is 1. The number of halogens is 2.